The molecule has 4 unspecified atom stereocenters. The Hall–Kier alpha value is -0.820. The zero-order valence-electron chi connectivity index (χ0n) is 14.7. The van der Waals surface area contributed by atoms with Crippen LogP contribution in [0.3, 0.4) is 0 Å². The maximum Gasteiger partial charge on any atom is 0.0766 e. The fraction of sp³-hybridized carbons (Fsp3) is 0.700. The molecule has 0 aromatic carbocycles. The summed E-state index contributed by atoms with van der Waals surface area (Å²) in [5.41, 5.74) is 8.25. The van der Waals surface area contributed by atoms with Gasteiger partial charge in [-0.1, -0.05) is 57.4 Å². The molecule has 0 saturated heterocycles. The van der Waals surface area contributed by atoms with E-state index in [4.69, 9.17) is 4.74 Å². The van der Waals surface area contributed by atoms with E-state index in [-0.39, 0.29) is 11.5 Å². The maximum absolute atomic E-state index is 6.07. The van der Waals surface area contributed by atoms with Gasteiger partial charge in [0.05, 0.1) is 12.7 Å². The second kappa shape index (κ2) is 4.84. The Bertz CT molecular complexity index is 558. The smallest absolute Gasteiger partial charge is 0.0766 e. The van der Waals surface area contributed by atoms with E-state index in [0.717, 1.165) is 6.61 Å². The maximum atomic E-state index is 6.07. The van der Waals surface area contributed by atoms with Crippen LogP contribution >= 0.6 is 0 Å². The molecular weight excluding hydrogens is 256 g/mol. The zero-order chi connectivity index (χ0) is 15.5. The second-order valence-electron chi connectivity index (χ2n) is 7.94. The van der Waals surface area contributed by atoms with Crippen LogP contribution in [0.1, 0.15) is 54.9 Å². The van der Waals surface area contributed by atoms with Crippen LogP contribution in [0, 0.1) is 23.2 Å². The lowest BCUT2D eigenvalue weighted by Crippen LogP contribution is -2.42. The summed E-state index contributed by atoms with van der Waals surface area (Å²) >= 11 is 0. The molecule has 4 atom stereocenters. The number of rotatable bonds is 0. The van der Waals surface area contributed by atoms with Crippen molar-refractivity contribution >= 4 is 0 Å². The largest absolute Gasteiger partial charge is 0.374 e. The predicted octanol–water partition coefficient (Wildman–Crippen LogP) is 5.30. The SMILES string of the molecule is CC1=CCC(C)C2=C1C(C)C1=C(C(C)COC1C)C2(C)C. The molecule has 3 aliphatic rings. The zero-order valence-corrected chi connectivity index (χ0v) is 14.7. The normalized spacial score (nSPS) is 38.9. The van der Waals surface area contributed by atoms with E-state index in [2.05, 4.69) is 54.5 Å². The van der Waals surface area contributed by atoms with Crippen LogP contribution < -0.4 is 0 Å². The Kier molecular flexibility index (Phi) is 3.48. The first-order chi connectivity index (χ1) is 9.76. The van der Waals surface area contributed by atoms with E-state index in [0.29, 0.717) is 17.8 Å². The molecule has 0 N–H and O–H groups in total. The summed E-state index contributed by atoms with van der Waals surface area (Å²) in [6.07, 6.45) is 3.91. The van der Waals surface area contributed by atoms with Crippen LogP contribution in [0.25, 0.3) is 0 Å². The first-order valence-electron chi connectivity index (χ1n) is 8.54. The van der Waals surface area contributed by atoms with E-state index in [1.807, 2.05) is 0 Å². The van der Waals surface area contributed by atoms with E-state index in [1.165, 1.54) is 12.0 Å². The molecule has 0 aromatic rings. The minimum absolute atomic E-state index is 0.184. The van der Waals surface area contributed by atoms with Crippen LogP contribution in [0.2, 0.25) is 0 Å². The summed E-state index contributed by atoms with van der Waals surface area (Å²) < 4.78 is 6.07. The molecule has 1 heteroatoms. The lowest BCUT2D eigenvalue weighted by molar-refractivity contribution is 0.0420. The molecule has 0 aromatic heterocycles. The first-order valence-corrected chi connectivity index (χ1v) is 8.54. The van der Waals surface area contributed by atoms with Gasteiger partial charge in [-0.25, -0.2) is 0 Å². The van der Waals surface area contributed by atoms with Gasteiger partial charge in [0, 0.05) is 17.3 Å². The third-order valence-corrected chi connectivity index (χ3v) is 6.07. The monoisotopic (exact) mass is 286 g/mol. The van der Waals surface area contributed by atoms with Gasteiger partial charge in [-0.15, -0.1) is 0 Å². The topological polar surface area (TPSA) is 9.23 Å². The van der Waals surface area contributed by atoms with Gasteiger partial charge in [-0.05, 0) is 37.3 Å². The Morgan fingerprint density at radius 2 is 1.71 bits per heavy atom. The highest BCUT2D eigenvalue weighted by Crippen LogP contribution is 2.57. The lowest BCUT2D eigenvalue weighted by atomic mass is 9.56. The van der Waals surface area contributed by atoms with E-state index < -0.39 is 0 Å². The average molecular weight is 286 g/mol. The Morgan fingerprint density at radius 1 is 1.05 bits per heavy atom. The van der Waals surface area contributed by atoms with Crippen molar-refractivity contribution in [2.45, 2.75) is 61.0 Å². The molecule has 116 valence electrons. The quantitative estimate of drug-likeness (QED) is 0.549. The highest BCUT2D eigenvalue weighted by Gasteiger charge is 2.46. The number of hydrogen-bond acceptors (Lipinski definition) is 1. The predicted molar refractivity (Wildman–Crippen MR) is 89.1 cm³/mol. The molecule has 0 amide bonds. The third kappa shape index (κ3) is 2.00. The molecule has 21 heavy (non-hydrogen) atoms. The van der Waals surface area contributed by atoms with Crippen molar-refractivity contribution in [3.63, 3.8) is 0 Å². The van der Waals surface area contributed by atoms with E-state index >= 15 is 0 Å². The van der Waals surface area contributed by atoms with Crippen LogP contribution in [-0.4, -0.2) is 12.7 Å². The number of ether oxygens (including phenoxy) is 1. The highest BCUT2D eigenvalue weighted by molar-refractivity contribution is 5.55. The Labute approximate surface area is 130 Å². The van der Waals surface area contributed by atoms with Crippen molar-refractivity contribution in [1.29, 1.82) is 0 Å². The summed E-state index contributed by atoms with van der Waals surface area (Å²) in [4.78, 5) is 0. The van der Waals surface area contributed by atoms with Crippen LogP contribution in [0.5, 0.6) is 0 Å². The summed E-state index contributed by atoms with van der Waals surface area (Å²) in [6.45, 7) is 17.5. The second-order valence-corrected chi connectivity index (χ2v) is 7.94. The van der Waals surface area contributed by atoms with Crippen molar-refractivity contribution < 1.29 is 4.74 Å². The standard InChI is InChI=1S/C20H30O/c1-11-8-9-12(2)18-16(11)14(4)17-15(5)21-10-13(3)19(17)20(18,6)7/h8,12-15H,9-10H2,1-7H3. The van der Waals surface area contributed by atoms with Gasteiger partial charge < -0.3 is 4.74 Å². The summed E-state index contributed by atoms with van der Waals surface area (Å²) in [5, 5.41) is 0. The lowest BCUT2D eigenvalue weighted by Gasteiger charge is -2.51. The van der Waals surface area contributed by atoms with Crippen LogP contribution in [-0.2, 0) is 4.74 Å². The summed E-state index contributed by atoms with van der Waals surface area (Å²) in [6, 6.07) is 0. The van der Waals surface area contributed by atoms with Gasteiger partial charge in [0.2, 0.25) is 0 Å². The molecule has 1 nitrogen and oxygen atoms in total. The minimum Gasteiger partial charge on any atom is -0.374 e. The summed E-state index contributed by atoms with van der Waals surface area (Å²) in [5.74, 6) is 1.72. The van der Waals surface area contributed by atoms with Gasteiger partial charge in [-0.2, -0.15) is 0 Å². The summed E-state index contributed by atoms with van der Waals surface area (Å²) in [7, 11) is 0. The van der Waals surface area contributed by atoms with Gasteiger partial charge >= 0.3 is 0 Å². The van der Waals surface area contributed by atoms with Gasteiger partial charge in [0.15, 0.2) is 0 Å². The third-order valence-electron chi connectivity index (χ3n) is 6.07. The molecule has 1 heterocycles. The van der Waals surface area contributed by atoms with Crippen molar-refractivity contribution in [2.75, 3.05) is 6.61 Å². The van der Waals surface area contributed by atoms with Crippen LogP contribution in [0.4, 0.5) is 0 Å². The van der Waals surface area contributed by atoms with Crippen molar-refractivity contribution in [1.82, 2.24) is 0 Å². The van der Waals surface area contributed by atoms with Crippen molar-refractivity contribution in [2.24, 2.45) is 23.2 Å². The van der Waals surface area contributed by atoms with E-state index in [1.54, 1.807) is 22.3 Å². The van der Waals surface area contributed by atoms with Gasteiger partial charge in [0.1, 0.15) is 0 Å². The Morgan fingerprint density at radius 3 is 2.38 bits per heavy atom. The molecule has 0 fully saturated rings. The fourth-order valence-corrected chi connectivity index (χ4v) is 5.41. The van der Waals surface area contributed by atoms with Crippen molar-refractivity contribution in [3.8, 4) is 0 Å². The molecule has 0 radical (unpaired) electrons. The average Bonchev–Trinajstić information content (AvgIpc) is 2.41. The van der Waals surface area contributed by atoms with Gasteiger partial charge in [-0.3, -0.25) is 0 Å². The first kappa shape index (κ1) is 15.1. The molecule has 0 bridgehead atoms. The molecule has 2 aliphatic carbocycles. The van der Waals surface area contributed by atoms with Crippen LogP contribution in [0.15, 0.2) is 33.9 Å². The van der Waals surface area contributed by atoms with Crippen molar-refractivity contribution in [3.05, 3.63) is 33.9 Å². The minimum atomic E-state index is 0.184. The fourth-order valence-electron chi connectivity index (χ4n) is 5.41. The van der Waals surface area contributed by atoms with Gasteiger partial charge in [0.25, 0.3) is 0 Å². The molecule has 0 spiro atoms. The number of allylic oxidation sites excluding steroid dienone is 4. The molecule has 3 rings (SSSR count). The highest BCUT2D eigenvalue weighted by atomic mass is 16.5. The molecule has 0 saturated carbocycles. The number of hydrogen-bond donors (Lipinski definition) is 0. The Balaban J connectivity index is 2.25. The molecule has 1 aliphatic heterocycles. The molecular formula is C20H30O. The van der Waals surface area contributed by atoms with E-state index in [9.17, 15) is 0 Å².